The first-order chi connectivity index (χ1) is 20.9. The molecule has 3 N–H and O–H groups in total. The smallest absolute Gasteiger partial charge is 0.408 e. The second-order valence-electron chi connectivity index (χ2n) is 10.9. The van der Waals surface area contributed by atoms with Gasteiger partial charge in [0.15, 0.2) is 0 Å². The number of carbonyl (C=O) groups excluding carboxylic acids is 3. The highest BCUT2D eigenvalue weighted by Crippen LogP contribution is 2.55. The van der Waals surface area contributed by atoms with Gasteiger partial charge in [-0.05, 0) is 36.1 Å². The molecular weight excluding hydrogens is 568 g/mol. The molecule has 4 atom stereocenters. The Labute approximate surface area is 253 Å². The number of para-hydroxylation sites is 1. The first-order valence-corrected chi connectivity index (χ1v) is 15.1. The number of benzene rings is 3. The number of rotatable bonds is 8. The van der Waals surface area contributed by atoms with Crippen LogP contribution < -0.4 is 15.5 Å². The summed E-state index contributed by atoms with van der Waals surface area (Å²) in [5.41, 5.74) is 2.40. The monoisotopic (exact) mass is 600 g/mol. The summed E-state index contributed by atoms with van der Waals surface area (Å²) in [6, 6.07) is 24.9. The van der Waals surface area contributed by atoms with E-state index in [1.165, 1.54) is 16.7 Å². The van der Waals surface area contributed by atoms with Crippen molar-refractivity contribution in [3.63, 3.8) is 0 Å². The van der Waals surface area contributed by atoms with Crippen molar-refractivity contribution in [2.45, 2.75) is 47.7 Å². The summed E-state index contributed by atoms with van der Waals surface area (Å²) in [5.74, 6) is -2.04. The predicted molar refractivity (Wildman–Crippen MR) is 161 cm³/mol. The molecule has 3 heterocycles. The second kappa shape index (κ2) is 12.0. The largest absolute Gasteiger partial charge is 0.480 e. The number of alkyl carbamates (subject to hydrolysis) is 1. The number of ether oxygens (including phenoxy) is 1. The minimum Gasteiger partial charge on any atom is -0.480 e. The van der Waals surface area contributed by atoms with E-state index < -0.39 is 52.1 Å². The third-order valence-corrected chi connectivity index (χ3v) is 10.2. The highest BCUT2D eigenvalue weighted by atomic mass is 32.2. The van der Waals surface area contributed by atoms with Crippen LogP contribution in [0.25, 0.3) is 0 Å². The first kappa shape index (κ1) is 28.6. The molecule has 3 unspecified atom stereocenters. The van der Waals surface area contributed by atoms with E-state index in [1.54, 1.807) is 30.3 Å². The summed E-state index contributed by atoms with van der Waals surface area (Å²) in [5, 5.41) is 15.1. The number of thioether (sulfide) groups is 1. The van der Waals surface area contributed by atoms with E-state index in [9.17, 15) is 24.3 Å². The first-order valence-electron chi connectivity index (χ1n) is 14.2. The van der Waals surface area contributed by atoms with Gasteiger partial charge in [-0.2, -0.15) is 0 Å². The van der Waals surface area contributed by atoms with Crippen molar-refractivity contribution in [3.05, 3.63) is 102 Å². The van der Waals surface area contributed by atoms with Crippen molar-refractivity contribution in [2.24, 2.45) is 0 Å². The van der Waals surface area contributed by atoms with Gasteiger partial charge in [0, 0.05) is 18.8 Å². The number of hydrogen-bond donors (Lipinski definition) is 3. The fourth-order valence-electron chi connectivity index (χ4n) is 6.16. The van der Waals surface area contributed by atoms with Crippen molar-refractivity contribution >= 4 is 41.3 Å². The van der Waals surface area contributed by atoms with Gasteiger partial charge >= 0.3 is 12.1 Å². The average molecular weight is 601 g/mol. The fraction of sp³-hybridized carbons (Fsp3) is 0.312. The third-order valence-electron chi connectivity index (χ3n) is 8.34. The minimum atomic E-state index is -1.11. The second-order valence-corrected chi connectivity index (χ2v) is 12.4. The maximum Gasteiger partial charge on any atom is 0.408 e. The molecule has 3 fully saturated rings. The van der Waals surface area contributed by atoms with Gasteiger partial charge in [-0.25, -0.2) is 9.59 Å². The Morgan fingerprint density at radius 2 is 1.53 bits per heavy atom. The predicted octanol–water partition coefficient (Wildman–Crippen LogP) is 3.55. The molecule has 0 bridgehead atoms. The molecule has 43 heavy (non-hydrogen) atoms. The van der Waals surface area contributed by atoms with E-state index in [4.69, 9.17) is 4.74 Å². The molecule has 6 rings (SSSR count). The van der Waals surface area contributed by atoms with Crippen molar-refractivity contribution in [3.8, 4) is 0 Å². The summed E-state index contributed by atoms with van der Waals surface area (Å²) in [7, 11) is 0. The van der Waals surface area contributed by atoms with Gasteiger partial charge in [0.2, 0.25) is 11.8 Å². The maximum absolute atomic E-state index is 13.6. The van der Waals surface area contributed by atoms with Crippen LogP contribution in [0.5, 0.6) is 0 Å². The molecule has 3 aromatic rings. The standard InChI is InChI=1S/C32H32N4O6S/c37-27(24(22-12-6-2-7-13-22)34-31(41)42-20-21-10-4-1-5-11-21)33-25-28(38)36-26(30(39)40)32(43-29(25)36)16-18-35(19-17-32)23-14-8-3-9-15-23/h1-15,24-26,29H,16-20H2,(H,33,37)(H,34,41)(H,39,40)/t24?,25?,26?,29-/m0/s1. The number of β-lactam (4-membered cyclic amide) rings is 1. The molecule has 0 aliphatic carbocycles. The number of carbonyl (C=O) groups is 4. The van der Waals surface area contributed by atoms with Gasteiger partial charge in [0.25, 0.3) is 0 Å². The van der Waals surface area contributed by atoms with Crippen LogP contribution in [-0.2, 0) is 25.7 Å². The summed E-state index contributed by atoms with van der Waals surface area (Å²) in [6.07, 6.45) is 0.400. The Morgan fingerprint density at radius 1 is 0.930 bits per heavy atom. The molecule has 1 spiro atoms. The van der Waals surface area contributed by atoms with Crippen LogP contribution in [0.15, 0.2) is 91.0 Å². The SMILES string of the molecule is O=C(NC(C(=O)NC1C(=O)N2C(C(=O)O)C3(CCN(c4ccccc4)CC3)S[C@@H]12)c1ccccc1)OCc1ccccc1. The van der Waals surface area contributed by atoms with Gasteiger partial charge in [-0.3, -0.25) is 9.59 Å². The molecule has 3 saturated heterocycles. The number of carboxylic acids is 1. The molecule has 0 saturated carbocycles. The number of nitrogens with zero attached hydrogens (tertiary/aromatic N) is 2. The Morgan fingerprint density at radius 3 is 2.16 bits per heavy atom. The van der Waals surface area contributed by atoms with Crippen LogP contribution in [0.2, 0.25) is 0 Å². The molecule has 3 amide bonds. The molecule has 3 aliphatic rings. The Bertz CT molecular complexity index is 1480. The topological polar surface area (TPSA) is 128 Å². The van der Waals surface area contributed by atoms with E-state index >= 15 is 0 Å². The molecule has 3 aliphatic heterocycles. The number of carboxylic acid groups (broad SMARTS) is 1. The lowest BCUT2D eigenvalue weighted by Crippen LogP contribution is -2.71. The lowest BCUT2D eigenvalue weighted by atomic mass is 9.85. The number of anilines is 1. The van der Waals surface area contributed by atoms with Crippen LogP contribution in [-0.4, -0.2) is 69.2 Å². The third kappa shape index (κ3) is 5.64. The average Bonchev–Trinajstić information content (AvgIpc) is 3.33. The van der Waals surface area contributed by atoms with Gasteiger partial charge in [0.1, 0.15) is 30.1 Å². The van der Waals surface area contributed by atoms with Crippen molar-refractivity contribution in [2.75, 3.05) is 18.0 Å². The quantitative estimate of drug-likeness (QED) is 0.335. The summed E-state index contributed by atoms with van der Waals surface area (Å²) in [6.45, 7) is 1.36. The summed E-state index contributed by atoms with van der Waals surface area (Å²) < 4.78 is 4.69. The fourth-order valence-corrected chi connectivity index (χ4v) is 8.06. The Balaban J connectivity index is 1.14. The van der Waals surface area contributed by atoms with E-state index in [1.807, 2.05) is 60.7 Å². The van der Waals surface area contributed by atoms with Gasteiger partial charge in [0.05, 0.1) is 4.75 Å². The summed E-state index contributed by atoms with van der Waals surface area (Å²) >= 11 is 1.47. The van der Waals surface area contributed by atoms with E-state index in [-0.39, 0.29) is 6.61 Å². The zero-order valence-electron chi connectivity index (χ0n) is 23.3. The molecule has 0 aromatic heterocycles. The van der Waals surface area contributed by atoms with Crippen molar-refractivity contribution in [1.29, 1.82) is 0 Å². The molecule has 11 heteroatoms. The van der Waals surface area contributed by atoms with E-state index in [0.717, 1.165) is 11.3 Å². The lowest BCUT2D eigenvalue weighted by Gasteiger charge is -2.45. The van der Waals surface area contributed by atoms with Crippen molar-refractivity contribution in [1.82, 2.24) is 15.5 Å². The number of hydrogen-bond acceptors (Lipinski definition) is 7. The Kier molecular flexibility index (Phi) is 7.98. The normalized spacial score (nSPS) is 22.7. The van der Waals surface area contributed by atoms with Gasteiger partial charge in [-0.1, -0.05) is 78.9 Å². The molecular formula is C32H32N4O6S. The van der Waals surface area contributed by atoms with Crippen molar-refractivity contribution < 1.29 is 29.0 Å². The van der Waals surface area contributed by atoms with Crippen LogP contribution in [0.3, 0.4) is 0 Å². The van der Waals surface area contributed by atoms with Gasteiger partial charge in [-0.15, -0.1) is 11.8 Å². The van der Waals surface area contributed by atoms with Gasteiger partial charge < -0.3 is 30.3 Å². The Hall–Kier alpha value is -4.51. The molecule has 3 aromatic carbocycles. The minimum absolute atomic E-state index is 0.0327. The number of nitrogens with one attached hydrogen (secondary N) is 2. The zero-order valence-corrected chi connectivity index (χ0v) is 24.1. The number of fused-ring (bicyclic) bond motifs is 1. The van der Waals surface area contributed by atoms with Crippen LogP contribution >= 0.6 is 11.8 Å². The number of amides is 3. The van der Waals surface area contributed by atoms with Crippen LogP contribution in [0, 0.1) is 0 Å². The number of piperidine rings is 1. The molecule has 10 nitrogen and oxygen atoms in total. The zero-order chi connectivity index (χ0) is 30.0. The molecule has 222 valence electrons. The van der Waals surface area contributed by atoms with E-state index in [2.05, 4.69) is 15.5 Å². The summed E-state index contributed by atoms with van der Waals surface area (Å²) in [4.78, 5) is 55.8. The van der Waals surface area contributed by atoms with Crippen LogP contribution in [0.1, 0.15) is 30.0 Å². The highest BCUT2D eigenvalue weighted by Gasteiger charge is 2.67. The lowest BCUT2D eigenvalue weighted by molar-refractivity contribution is -0.161. The maximum atomic E-state index is 13.6. The number of aliphatic carboxylic acids is 1. The van der Waals surface area contributed by atoms with Crippen LogP contribution in [0.4, 0.5) is 10.5 Å². The highest BCUT2D eigenvalue weighted by molar-refractivity contribution is 8.01. The molecule has 0 radical (unpaired) electrons. The van der Waals surface area contributed by atoms with E-state index in [0.29, 0.717) is 31.5 Å².